The van der Waals surface area contributed by atoms with E-state index in [1.807, 2.05) is 32.6 Å². The lowest BCUT2D eigenvalue weighted by molar-refractivity contribution is 0.0793. The van der Waals surface area contributed by atoms with Crippen molar-refractivity contribution < 1.29 is 0 Å². The molecule has 0 spiro atoms. The first-order valence-electron chi connectivity index (χ1n) is 7.16. The Balaban J connectivity index is 1.54. The molecule has 0 aliphatic carbocycles. The van der Waals surface area contributed by atoms with Gasteiger partial charge in [-0.3, -0.25) is 9.80 Å². The highest BCUT2D eigenvalue weighted by molar-refractivity contribution is 7.71. The summed E-state index contributed by atoms with van der Waals surface area (Å²) in [6.07, 6.45) is 3.50. The summed E-state index contributed by atoms with van der Waals surface area (Å²) in [7, 11) is 3.83. The van der Waals surface area contributed by atoms with Crippen LogP contribution in [0.2, 0.25) is 0 Å². The van der Waals surface area contributed by atoms with E-state index in [0.717, 1.165) is 49.1 Å². The molecule has 2 aromatic heterocycles. The summed E-state index contributed by atoms with van der Waals surface area (Å²) >= 11 is 10.6. The summed E-state index contributed by atoms with van der Waals surface area (Å²) in [5.41, 5.74) is 0. The molecule has 120 valence electrons. The zero-order valence-electron chi connectivity index (χ0n) is 12.8. The summed E-state index contributed by atoms with van der Waals surface area (Å²) in [6, 6.07) is 0. The molecule has 8 nitrogen and oxygen atoms in total. The van der Waals surface area contributed by atoms with Gasteiger partial charge in [0.25, 0.3) is 0 Å². The van der Waals surface area contributed by atoms with Crippen LogP contribution in [0.1, 0.15) is 0 Å². The van der Waals surface area contributed by atoms with Crippen molar-refractivity contribution in [3.63, 3.8) is 0 Å². The van der Waals surface area contributed by atoms with Crippen molar-refractivity contribution in [2.45, 2.75) is 13.3 Å². The van der Waals surface area contributed by atoms with E-state index >= 15 is 0 Å². The highest BCUT2D eigenvalue weighted by Gasteiger charge is 2.18. The van der Waals surface area contributed by atoms with Gasteiger partial charge in [-0.05, 0) is 24.4 Å². The maximum Gasteiger partial charge on any atom is 0.198 e. The van der Waals surface area contributed by atoms with Gasteiger partial charge in [-0.15, -0.1) is 0 Å². The van der Waals surface area contributed by atoms with Gasteiger partial charge in [-0.2, -0.15) is 10.2 Å². The molecule has 0 radical (unpaired) electrons. The fourth-order valence-corrected chi connectivity index (χ4v) is 2.79. The van der Waals surface area contributed by atoms with Gasteiger partial charge < -0.3 is 9.13 Å². The molecule has 2 aromatic rings. The highest BCUT2D eigenvalue weighted by Crippen LogP contribution is 2.05. The van der Waals surface area contributed by atoms with Gasteiger partial charge in [0.15, 0.2) is 9.54 Å². The number of aromatic nitrogens is 6. The van der Waals surface area contributed by atoms with E-state index in [0.29, 0.717) is 0 Å². The second-order valence-electron chi connectivity index (χ2n) is 5.57. The van der Waals surface area contributed by atoms with Crippen LogP contribution in [0.15, 0.2) is 12.7 Å². The number of hydrogen-bond acceptors (Lipinski definition) is 6. The molecule has 3 heterocycles. The van der Waals surface area contributed by atoms with Gasteiger partial charge in [0.2, 0.25) is 0 Å². The van der Waals surface area contributed by atoms with E-state index in [4.69, 9.17) is 24.4 Å². The molecule has 0 amide bonds. The first-order valence-corrected chi connectivity index (χ1v) is 7.98. The Labute approximate surface area is 139 Å². The molecule has 0 N–H and O–H groups in total. The fraction of sp³-hybridized carbons (Fsp3) is 0.667. The second-order valence-corrected chi connectivity index (χ2v) is 6.30. The number of hydrogen-bond donors (Lipinski definition) is 0. The molecule has 1 saturated heterocycles. The van der Waals surface area contributed by atoms with Crippen LogP contribution in [-0.2, 0) is 27.4 Å². The van der Waals surface area contributed by atoms with E-state index in [2.05, 4.69) is 20.0 Å². The predicted molar refractivity (Wildman–Crippen MR) is 87.2 cm³/mol. The first kappa shape index (κ1) is 15.5. The van der Waals surface area contributed by atoms with Crippen LogP contribution < -0.4 is 0 Å². The molecule has 3 rings (SSSR count). The molecule has 22 heavy (non-hydrogen) atoms. The fourth-order valence-electron chi connectivity index (χ4n) is 2.49. The van der Waals surface area contributed by atoms with Crippen molar-refractivity contribution in [2.24, 2.45) is 14.1 Å². The van der Waals surface area contributed by atoms with Crippen LogP contribution in [0, 0.1) is 9.54 Å². The third kappa shape index (κ3) is 3.19. The predicted octanol–water partition coefficient (Wildman–Crippen LogP) is 0.448. The number of aryl methyl sites for hydroxylation is 2. The lowest BCUT2D eigenvalue weighted by Gasteiger charge is -2.34. The Morgan fingerprint density at radius 2 is 1.18 bits per heavy atom. The quantitative estimate of drug-likeness (QED) is 0.753. The first-order chi connectivity index (χ1) is 10.5. The van der Waals surface area contributed by atoms with Crippen LogP contribution in [0.5, 0.6) is 0 Å². The topological polar surface area (TPSA) is 52.0 Å². The van der Waals surface area contributed by atoms with Crippen LogP contribution in [0.4, 0.5) is 0 Å². The van der Waals surface area contributed by atoms with Crippen molar-refractivity contribution in [1.82, 2.24) is 38.5 Å². The molecule has 0 bridgehead atoms. The van der Waals surface area contributed by atoms with Crippen molar-refractivity contribution in [3.8, 4) is 0 Å². The summed E-state index contributed by atoms with van der Waals surface area (Å²) < 4.78 is 8.94. The third-order valence-electron chi connectivity index (χ3n) is 3.91. The Bertz CT molecular complexity index is 682. The van der Waals surface area contributed by atoms with Crippen LogP contribution in [-0.4, -0.2) is 64.7 Å². The molecule has 10 heteroatoms. The van der Waals surface area contributed by atoms with Gasteiger partial charge in [0.05, 0.1) is 13.3 Å². The summed E-state index contributed by atoms with van der Waals surface area (Å²) in [6.45, 7) is 5.43. The van der Waals surface area contributed by atoms with E-state index < -0.39 is 0 Å². The molecule has 1 fully saturated rings. The van der Waals surface area contributed by atoms with E-state index in [-0.39, 0.29) is 0 Å². The molecule has 0 aromatic carbocycles. The minimum absolute atomic E-state index is 0.747. The van der Waals surface area contributed by atoms with Gasteiger partial charge in [-0.1, -0.05) is 0 Å². The Morgan fingerprint density at radius 1 is 0.818 bits per heavy atom. The maximum atomic E-state index is 5.32. The lowest BCUT2D eigenvalue weighted by Crippen LogP contribution is -2.47. The average molecular weight is 340 g/mol. The number of rotatable bonds is 4. The minimum atomic E-state index is 0.747. The molecular weight excluding hydrogens is 320 g/mol. The smallest absolute Gasteiger partial charge is 0.198 e. The van der Waals surface area contributed by atoms with E-state index in [1.165, 1.54) is 0 Å². The standard InChI is InChI=1S/C12H20N8S2/c1-15-7-13-19(11(15)21)9-17-3-5-18(6-4-17)10-20-12(22)16(2)8-14-20/h7-8H,3-6,9-10H2,1-2H3. The van der Waals surface area contributed by atoms with Gasteiger partial charge in [0, 0.05) is 40.3 Å². The van der Waals surface area contributed by atoms with Gasteiger partial charge in [-0.25, -0.2) is 9.36 Å². The number of nitrogens with zero attached hydrogens (tertiary/aromatic N) is 8. The van der Waals surface area contributed by atoms with Crippen LogP contribution >= 0.6 is 24.4 Å². The number of piperazine rings is 1. The zero-order valence-corrected chi connectivity index (χ0v) is 14.4. The molecule has 0 saturated carbocycles. The van der Waals surface area contributed by atoms with E-state index in [1.54, 1.807) is 12.7 Å². The molecule has 1 aliphatic rings. The lowest BCUT2D eigenvalue weighted by atomic mass is 10.3. The summed E-state index contributed by atoms with van der Waals surface area (Å²) in [4.78, 5) is 4.72. The molecule has 1 aliphatic heterocycles. The normalized spacial score (nSPS) is 17.2. The third-order valence-corrected chi connectivity index (χ3v) is 4.90. The van der Waals surface area contributed by atoms with Crippen LogP contribution in [0.3, 0.4) is 0 Å². The molecular formula is C12H20N8S2. The Kier molecular flexibility index (Phi) is 4.52. The van der Waals surface area contributed by atoms with Crippen molar-refractivity contribution >= 4 is 24.4 Å². The van der Waals surface area contributed by atoms with E-state index in [9.17, 15) is 0 Å². The second kappa shape index (κ2) is 6.41. The maximum absolute atomic E-state index is 5.32. The zero-order chi connectivity index (χ0) is 15.7. The van der Waals surface area contributed by atoms with Gasteiger partial charge >= 0.3 is 0 Å². The Hall–Kier alpha value is -1.36. The van der Waals surface area contributed by atoms with Crippen molar-refractivity contribution in [1.29, 1.82) is 0 Å². The monoisotopic (exact) mass is 340 g/mol. The largest absolute Gasteiger partial charge is 0.310 e. The summed E-state index contributed by atoms with van der Waals surface area (Å²) in [5.74, 6) is 0. The van der Waals surface area contributed by atoms with Crippen molar-refractivity contribution in [3.05, 3.63) is 22.2 Å². The Morgan fingerprint density at radius 3 is 1.45 bits per heavy atom. The molecule has 0 atom stereocenters. The molecule has 0 unspecified atom stereocenters. The average Bonchev–Trinajstić information content (AvgIpc) is 3.00. The SMILES string of the molecule is Cn1cnn(CN2CCN(Cn3ncn(C)c3=S)CC2)c1=S. The van der Waals surface area contributed by atoms with Crippen molar-refractivity contribution in [2.75, 3.05) is 26.2 Å². The van der Waals surface area contributed by atoms with Gasteiger partial charge in [0.1, 0.15) is 12.7 Å². The summed E-state index contributed by atoms with van der Waals surface area (Å²) in [5, 5.41) is 8.60. The highest BCUT2D eigenvalue weighted by atomic mass is 32.1. The van der Waals surface area contributed by atoms with Crippen LogP contribution in [0.25, 0.3) is 0 Å². The minimum Gasteiger partial charge on any atom is -0.310 e.